The average Bonchev–Trinajstić information content (AvgIpc) is 3.45. The van der Waals surface area contributed by atoms with E-state index in [0.717, 1.165) is 24.4 Å². The number of rotatable bonds is 26. The van der Waals surface area contributed by atoms with Crippen molar-refractivity contribution in [3.63, 3.8) is 0 Å². The molecule has 1 heterocycles. The van der Waals surface area contributed by atoms with Gasteiger partial charge in [-0.2, -0.15) is 0 Å². The van der Waals surface area contributed by atoms with Gasteiger partial charge in [0.15, 0.2) is 0 Å². The molecule has 1 N–H and O–H groups in total. The van der Waals surface area contributed by atoms with Gasteiger partial charge in [0.25, 0.3) is 0 Å². The van der Waals surface area contributed by atoms with Crippen LogP contribution < -0.4 is 4.52 Å². The smallest absolute Gasteiger partial charge is 0.404 e. The summed E-state index contributed by atoms with van der Waals surface area (Å²) in [5, 5.41) is 2.07. The predicted octanol–water partition coefficient (Wildman–Crippen LogP) is 9.06. The maximum absolute atomic E-state index is 12.5. The van der Waals surface area contributed by atoms with E-state index in [0.29, 0.717) is 25.6 Å². The summed E-state index contributed by atoms with van der Waals surface area (Å²) < 4.78 is 34.4. The molecule has 9 heteroatoms. The molecule has 0 spiro atoms. The van der Waals surface area contributed by atoms with E-state index >= 15 is 0 Å². The fraction of sp³-hybridized carbons (Fsp3) is 0.742. The third-order valence-corrected chi connectivity index (χ3v) is 8.62. The van der Waals surface area contributed by atoms with Gasteiger partial charge in [-0.05, 0) is 36.4 Å². The number of thioether (sulfide) groups is 1. The van der Waals surface area contributed by atoms with Crippen LogP contribution in [0.25, 0.3) is 0 Å². The van der Waals surface area contributed by atoms with E-state index in [9.17, 15) is 9.46 Å². The second-order valence-corrected chi connectivity index (χ2v) is 12.8. The Labute approximate surface area is 248 Å². The quantitative estimate of drug-likeness (QED) is 0.0835. The molecule has 0 amide bonds. The first-order valence-corrected chi connectivity index (χ1v) is 18.0. The minimum atomic E-state index is -4.27. The molecule has 0 saturated carbocycles. The van der Waals surface area contributed by atoms with E-state index in [-0.39, 0.29) is 6.61 Å². The van der Waals surface area contributed by atoms with Crippen molar-refractivity contribution in [2.24, 2.45) is 0 Å². The van der Waals surface area contributed by atoms with E-state index < -0.39 is 13.9 Å². The van der Waals surface area contributed by atoms with E-state index in [4.69, 9.17) is 18.5 Å². The zero-order valence-electron chi connectivity index (χ0n) is 25.0. The Morgan fingerprint density at radius 2 is 1.48 bits per heavy atom. The fourth-order valence-corrected chi connectivity index (χ4v) is 6.14. The molecule has 40 heavy (non-hydrogen) atoms. The lowest BCUT2D eigenvalue weighted by molar-refractivity contribution is -0.0373. The van der Waals surface area contributed by atoms with E-state index in [1.807, 2.05) is 19.1 Å². The zero-order chi connectivity index (χ0) is 28.7. The minimum Gasteiger partial charge on any atom is -0.404 e. The molecule has 0 aromatic heterocycles. The van der Waals surface area contributed by atoms with Crippen LogP contribution in [0.4, 0.5) is 0 Å². The molecule has 0 aliphatic carbocycles. The highest BCUT2D eigenvalue weighted by Gasteiger charge is 2.25. The minimum absolute atomic E-state index is 0.0720. The van der Waals surface area contributed by atoms with Crippen LogP contribution in [0.2, 0.25) is 0 Å². The molecule has 1 aliphatic rings. The van der Waals surface area contributed by atoms with Crippen LogP contribution in [-0.4, -0.2) is 48.2 Å². The number of hydrogen-bond acceptors (Lipinski definition) is 7. The molecule has 2 atom stereocenters. The second kappa shape index (κ2) is 22.6. The lowest BCUT2D eigenvalue weighted by atomic mass is 10.0. The molecule has 2 rings (SSSR count). The Hall–Kier alpha value is -1.02. The van der Waals surface area contributed by atoms with Crippen molar-refractivity contribution < 1.29 is 28.0 Å². The van der Waals surface area contributed by atoms with Crippen LogP contribution in [-0.2, 0) is 25.1 Å². The summed E-state index contributed by atoms with van der Waals surface area (Å²) in [6.07, 6.45) is 20.2. The lowest BCUT2D eigenvalue weighted by Gasteiger charge is -2.20. The number of hydrogen-bond donors (Lipinski definition) is 1. The number of phosphoric acid groups is 1. The number of unbranched alkanes of at least 4 members (excludes halogenated alkanes) is 13. The van der Waals surface area contributed by atoms with Crippen LogP contribution in [0.5, 0.6) is 5.75 Å². The van der Waals surface area contributed by atoms with Gasteiger partial charge >= 0.3 is 7.82 Å². The largest absolute Gasteiger partial charge is 0.527 e. The van der Waals surface area contributed by atoms with Crippen molar-refractivity contribution in [2.45, 2.75) is 116 Å². The maximum atomic E-state index is 12.5. The van der Waals surface area contributed by atoms with Gasteiger partial charge in [0, 0.05) is 26.0 Å². The summed E-state index contributed by atoms with van der Waals surface area (Å²) in [5.74, 6) is 1.23. The molecule has 7 nitrogen and oxygen atoms in total. The Bertz CT molecular complexity index is 825. The first-order chi connectivity index (χ1) is 19.5. The molecule has 1 aromatic carbocycles. The number of nitrogens with zero attached hydrogens (tertiary/aromatic N) is 1. The summed E-state index contributed by atoms with van der Waals surface area (Å²) in [7, 11) is -4.27. The third kappa shape index (κ3) is 17.7. The summed E-state index contributed by atoms with van der Waals surface area (Å²) in [6.45, 7) is 6.32. The number of ether oxygens (including phenoxy) is 2. The Morgan fingerprint density at radius 1 is 0.875 bits per heavy atom. The Kier molecular flexibility index (Phi) is 19.8. The van der Waals surface area contributed by atoms with Gasteiger partial charge in [-0.25, -0.2) is 4.57 Å². The van der Waals surface area contributed by atoms with Gasteiger partial charge in [0.1, 0.15) is 11.9 Å². The van der Waals surface area contributed by atoms with Crippen molar-refractivity contribution in [3.05, 3.63) is 41.4 Å². The van der Waals surface area contributed by atoms with Crippen LogP contribution >= 0.6 is 19.6 Å². The second-order valence-electron chi connectivity index (χ2n) is 10.6. The topological polar surface area (TPSA) is 77.5 Å². The average molecular weight is 600 g/mol. The standard InChI is InChI=1S/C31H54NO6PS/c1-3-5-6-7-8-9-10-11-12-13-14-15-16-17-23-35-26-31(36-4-2)27-37-39(33,34)38-30-20-18-29(19-21-30)25-32-22-24-40-28-32/h18-22,24,31H,3-17,23,25-28H2,1-2H3,(H,33,34). The highest BCUT2D eigenvalue weighted by Crippen LogP contribution is 2.44. The third-order valence-electron chi connectivity index (χ3n) is 6.91. The SMILES string of the molecule is CCCCCCCCCCCCCCCCOCC(COP(=O)(O)Oc1ccc(CN2C=CSC2)cc1)OCC. The Morgan fingerprint density at radius 3 is 2.02 bits per heavy atom. The van der Waals surface area contributed by atoms with Gasteiger partial charge < -0.3 is 18.9 Å². The summed E-state index contributed by atoms with van der Waals surface area (Å²) >= 11 is 1.75. The highest BCUT2D eigenvalue weighted by atomic mass is 32.2. The van der Waals surface area contributed by atoms with Crippen molar-refractivity contribution in [1.82, 2.24) is 4.90 Å². The number of phosphoric ester groups is 1. The molecule has 0 radical (unpaired) electrons. The van der Waals surface area contributed by atoms with Gasteiger partial charge in [0.2, 0.25) is 0 Å². The molecular formula is C31H54NO6PS. The Balaban J connectivity index is 1.49. The molecule has 230 valence electrons. The van der Waals surface area contributed by atoms with Crippen molar-refractivity contribution in [2.75, 3.05) is 32.3 Å². The van der Waals surface area contributed by atoms with E-state index in [1.165, 1.54) is 83.5 Å². The van der Waals surface area contributed by atoms with Gasteiger partial charge in [-0.3, -0.25) is 9.42 Å². The van der Waals surface area contributed by atoms with Crippen molar-refractivity contribution in [3.8, 4) is 5.75 Å². The number of benzene rings is 1. The van der Waals surface area contributed by atoms with Gasteiger partial charge in [-0.15, -0.1) is 11.8 Å². The zero-order valence-corrected chi connectivity index (χ0v) is 26.7. The normalized spacial score (nSPS) is 15.4. The molecular weight excluding hydrogens is 545 g/mol. The van der Waals surface area contributed by atoms with Crippen LogP contribution in [0.15, 0.2) is 35.9 Å². The molecule has 2 unspecified atom stereocenters. The van der Waals surface area contributed by atoms with Crippen molar-refractivity contribution >= 4 is 19.6 Å². The van der Waals surface area contributed by atoms with Crippen molar-refractivity contribution in [1.29, 1.82) is 0 Å². The first kappa shape index (κ1) is 35.2. The molecule has 1 aromatic rings. The van der Waals surface area contributed by atoms with Gasteiger partial charge in [0.05, 0.1) is 19.1 Å². The maximum Gasteiger partial charge on any atom is 0.527 e. The lowest BCUT2D eigenvalue weighted by Crippen LogP contribution is -2.26. The molecule has 0 fully saturated rings. The van der Waals surface area contributed by atoms with Crippen LogP contribution in [0, 0.1) is 0 Å². The fourth-order valence-electron chi connectivity index (χ4n) is 4.63. The first-order valence-electron chi connectivity index (χ1n) is 15.5. The van der Waals surface area contributed by atoms with E-state index in [1.54, 1.807) is 23.9 Å². The molecule has 0 bridgehead atoms. The monoisotopic (exact) mass is 599 g/mol. The highest BCUT2D eigenvalue weighted by molar-refractivity contribution is 8.02. The summed E-state index contributed by atoms with van der Waals surface area (Å²) in [4.78, 5) is 12.4. The summed E-state index contributed by atoms with van der Waals surface area (Å²) in [5.41, 5.74) is 1.10. The molecule has 1 aliphatic heterocycles. The van der Waals surface area contributed by atoms with Gasteiger partial charge in [-0.1, -0.05) is 103 Å². The molecule has 0 saturated heterocycles. The van der Waals surface area contributed by atoms with E-state index in [2.05, 4.69) is 23.4 Å². The predicted molar refractivity (Wildman–Crippen MR) is 167 cm³/mol. The van der Waals surface area contributed by atoms with Crippen LogP contribution in [0.1, 0.15) is 109 Å². The van der Waals surface area contributed by atoms with Crippen LogP contribution in [0.3, 0.4) is 0 Å². The summed E-state index contributed by atoms with van der Waals surface area (Å²) in [6, 6.07) is 7.16.